The van der Waals surface area contributed by atoms with Gasteiger partial charge in [-0.3, -0.25) is 9.69 Å². The second-order valence-corrected chi connectivity index (χ2v) is 9.96. The summed E-state index contributed by atoms with van der Waals surface area (Å²) >= 11 is 0. The number of aromatic amines is 1. The zero-order valence-corrected chi connectivity index (χ0v) is 22.2. The number of pyridine rings is 1. The highest BCUT2D eigenvalue weighted by atomic mass is 16.5. The van der Waals surface area contributed by atoms with Crippen molar-refractivity contribution in [1.29, 1.82) is 0 Å². The first kappa shape index (κ1) is 25.3. The normalized spacial score (nSPS) is 18.9. The molecule has 0 radical (unpaired) electrons. The lowest BCUT2D eigenvalue weighted by atomic mass is 10.0. The maximum absolute atomic E-state index is 13.5. The van der Waals surface area contributed by atoms with Crippen LogP contribution in [-0.2, 0) is 11.3 Å². The average Bonchev–Trinajstić information content (AvgIpc) is 3.66. The Kier molecular flexibility index (Phi) is 7.16. The molecule has 204 valence electrons. The largest absolute Gasteiger partial charge is 0.497 e. The van der Waals surface area contributed by atoms with Crippen molar-refractivity contribution < 1.29 is 14.2 Å². The van der Waals surface area contributed by atoms with Crippen molar-refractivity contribution in [3.05, 3.63) is 70.3 Å². The molecule has 2 aromatic carbocycles. The summed E-state index contributed by atoms with van der Waals surface area (Å²) in [7, 11) is 3.33. The molecule has 2 aromatic heterocycles. The van der Waals surface area contributed by atoms with Crippen LogP contribution in [0.15, 0.2) is 53.3 Å². The van der Waals surface area contributed by atoms with Crippen LogP contribution in [0.2, 0.25) is 0 Å². The molecule has 6 rings (SSSR count). The van der Waals surface area contributed by atoms with Gasteiger partial charge in [0.05, 0.1) is 32.6 Å². The Labute approximate surface area is 226 Å². The summed E-state index contributed by atoms with van der Waals surface area (Å²) in [5.74, 6) is 2.22. The second-order valence-electron chi connectivity index (χ2n) is 9.96. The predicted molar refractivity (Wildman–Crippen MR) is 147 cm³/mol. The third kappa shape index (κ3) is 5.07. The quantitative estimate of drug-likeness (QED) is 0.367. The van der Waals surface area contributed by atoms with Gasteiger partial charge in [0, 0.05) is 49.3 Å². The number of H-pyrrole nitrogens is 1. The van der Waals surface area contributed by atoms with Gasteiger partial charge in [0.15, 0.2) is 5.82 Å². The van der Waals surface area contributed by atoms with E-state index in [0.29, 0.717) is 31.0 Å². The summed E-state index contributed by atoms with van der Waals surface area (Å²) in [5.41, 5.74) is 2.26. The fourth-order valence-corrected chi connectivity index (χ4v) is 5.66. The van der Waals surface area contributed by atoms with Crippen LogP contribution < -0.4 is 19.9 Å². The van der Waals surface area contributed by atoms with Gasteiger partial charge in [-0.1, -0.05) is 12.1 Å². The SMILES string of the molecule is COc1ccc2[nH]c(=O)c(C(c3nnnn3CC3CCCO3)N3CCN(c4ccccc4OC)CC3)cc2c1. The Morgan fingerprint density at radius 3 is 2.69 bits per heavy atom. The van der Waals surface area contributed by atoms with Gasteiger partial charge in [0.25, 0.3) is 5.56 Å². The number of ether oxygens (including phenoxy) is 3. The van der Waals surface area contributed by atoms with Crippen molar-refractivity contribution in [3.8, 4) is 11.5 Å². The van der Waals surface area contributed by atoms with Gasteiger partial charge in [-0.2, -0.15) is 0 Å². The van der Waals surface area contributed by atoms with E-state index >= 15 is 0 Å². The third-order valence-electron chi connectivity index (χ3n) is 7.68. The van der Waals surface area contributed by atoms with E-state index in [1.54, 1.807) is 14.2 Å². The van der Waals surface area contributed by atoms with Crippen molar-refractivity contribution in [2.45, 2.75) is 31.5 Å². The highest BCUT2D eigenvalue weighted by molar-refractivity contribution is 5.80. The number of para-hydroxylation sites is 2. The van der Waals surface area contributed by atoms with Gasteiger partial charge in [-0.25, -0.2) is 4.68 Å². The Balaban J connectivity index is 1.37. The van der Waals surface area contributed by atoms with E-state index in [-0.39, 0.29) is 11.7 Å². The fourth-order valence-electron chi connectivity index (χ4n) is 5.66. The lowest BCUT2D eigenvalue weighted by molar-refractivity contribution is 0.0906. The number of hydrogen-bond acceptors (Lipinski definition) is 9. The van der Waals surface area contributed by atoms with E-state index < -0.39 is 6.04 Å². The summed E-state index contributed by atoms with van der Waals surface area (Å²) in [6.07, 6.45) is 2.06. The molecule has 2 fully saturated rings. The first-order valence-corrected chi connectivity index (χ1v) is 13.3. The molecule has 2 aliphatic heterocycles. The predicted octanol–water partition coefficient (Wildman–Crippen LogP) is 2.62. The van der Waals surface area contributed by atoms with Gasteiger partial charge < -0.3 is 24.1 Å². The van der Waals surface area contributed by atoms with E-state index in [1.165, 1.54) is 0 Å². The van der Waals surface area contributed by atoms with Crippen molar-refractivity contribution in [2.24, 2.45) is 0 Å². The average molecular weight is 532 g/mol. The topological polar surface area (TPSA) is 111 Å². The van der Waals surface area contributed by atoms with E-state index in [0.717, 1.165) is 60.6 Å². The maximum Gasteiger partial charge on any atom is 0.253 e. The number of nitrogens with one attached hydrogen (secondary N) is 1. The van der Waals surface area contributed by atoms with Crippen molar-refractivity contribution in [1.82, 2.24) is 30.1 Å². The van der Waals surface area contributed by atoms with Crippen molar-refractivity contribution in [3.63, 3.8) is 0 Å². The number of tetrazole rings is 1. The molecule has 1 N–H and O–H groups in total. The maximum atomic E-state index is 13.5. The first-order chi connectivity index (χ1) is 19.1. The van der Waals surface area contributed by atoms with Crippen LogP contribution in [0.25, 0.3) is 10.9 Å². The van der Waals surface area contributed by atoms with Gasteiger partial charge in [-0.15, -0.1) is 5.10 Å². The summed E-state index contributed by atoms with van der Waals surface area (Å²) < 4.78 is 18.7. The van der Waals surface area contributed by atoms with Gasteiger partial charge in [0.1, 0.15) is 17.5 Å². The lowest BCUT2D eigenvalue weighted by Crippen LogP contribution is -2.49. The summed E-state index contributed by atoms with van der Waals surface area (Å²) in [6, 6.07) is 15.2. The van der Waals surface area contributed by atoms with Crippen LogP contribution in [0.5, 0.6) is 11.5 Å². The Morgan fingerprint density at radius 2 is 1.92 bits per heavy atom. The summed E-state index contributed by atoms with van der Waals surface area (Å²) in [6.45, 7) is 4.27. The molecule has 2 saturated heterocycles. The molecule has 2 aliphatic rings. The minimum Gasteiger partial charge on any atom is -0.497 e. The number of rotatable bonds is 8. The van der Waals surface area contributed by atoms with E-state index in [2.05, 4.69) is 36.4 Å². The third-order valence-corrected chi connectivity index (χ3v) is 7.68. The zero-order valence-electron chi connectivity index (χ0n) is 22.2. The minimum absolute atomic E-state index is 0.0643. The second kappa shape index (κ2) is 11.0. The van der Waals surface area contributed by atoms with Crippen LogP contribution >= 0.6 is 0 Å². The molecular weight excluding hydrogens is 498 g/mol. The molecule has 4 heterocycles. The fraction of sp³-hybridized carbons (Fsp3) is 0.429. The first-order valence-electron chi connectivity index (χ1n) is 13.3. The van der Waals surface area contributed by atoms with Gasteiger partial charge in [-0.05, 0) is 59.7 Å². The lowest BCUT2D eigenvalue weighted by Gasteiger charge is -2.40. The summed E-state index contributed by atoms with van der Waals surface area (Å²) in [5, 5.41) is 13.7. The Bertz CT molecular complexity index is 1490. The standard InChI is InChI=1S/C28H33N7O4/c1-37-20-9-10-23-19(16-20)17-22(28(36)29-23)26(27-30-31-32-35(27)18-21-6-5-15-39-21)34-13-11-33(12-14-34)24-7-3-4-8-25(24)38-2/h3-4,7-10,16-17,21,26H,5-6,11-15,18H2,1-2H3,(H,29,36). The van der Waals surface area contributed by atoms with Crippen molar-refractivity contribution in [2.75, 3.05) is 51.9 Å². The number of hydrogen-bond donors (Lipinski definition) is 1. The smallest absolute Gasteiger partial charge is 0.253 e. The zero-order chi connectivity index (χ0) is 26.8. The number of anilines is 1. The van der Waals surface area contributed by atoms with Gasteiger partial charge in [0.2, 0.25) is 0 Å². The summed E-state index contributed by atoms with van der Waals surface area (Å²) in [4.78, 5) is 21.2. The molecule has 0 bridgehead atoms. The van der Waals surface area contributed by atoms with Crippen LogP contribution in [-0.4, -0.2) is 83.2 Å². The minimum atomic E-state index is -0.430. The van der Waals surface area contributed by atoms with Crippen molar-refractivity contribution >= 4 is 16.6 Å². The number of aromatic nitrogens is 5. The number of fused-ring (bicyclic) bond motifs is 1. The molecule has 2 atom stereocenters. The number of piperazine rings is 1. The molecule has 11 heteroatoms. The van der Waals surface area contributed by atoms with Crippen LogP contribution in [0.4, 0.5) is 5.69 Å². The molecule has 0 saturated carbocycles. The Hall–Kier alpha value is -3.96. The monoisotopic (exact) mass is 531 g/mol. The van der Waals surface area contributed by atoms with Crippen LogP contribution in [0, 0.1) is 0 Å². The van der Waals surface area contributed by atoms with Crippen LogP contribution in [0.3, 0.4) is 0 Å². The molecule has 0 spiro atoms. The van der Waals surface area contributed by atoms with Crippen LogP contribution in [0.1, 0.15) is 30.3 Å². The Morgan fingerprint density at radius 1 is 1.08 bits per heavy atom. The molecule has 39 heavy (non-hydrogen) atoms. The molecule has 11 nitrogen and oxygen atoms in total. The van der Waals surface area contributed by atoms with Gasteiger partial charge >= 0.3 is 0 Å². The number of methoxy groups -OCH3 is 2. The highest BCUT2D eigenvalue weighted by Gasteiger charge is 2.34. The molecule has 0 aliphatic carbocycles. The van der Waals surface area contributed by atoms with E-state index in [4.69, 9.17) is 14.2 Å². The van der Waals surface area contributed by atoms with E-state index in [9.17, 15) is 4.79 Å². The molecule has 4 aromatic rings. The molecule has 2 unspecified atom stereocenters. The number of nitrogens with zero attached hydrogens (tertiary/aromatic N) is 6. The van der Waals surface area contributed by atoms with E-state index in [1.807, 2.05) is 47.1 Å². The molecular formula is C28H33N7O4. The highest BCUT2D eigenvalue weighted by Crippen LogP contribution is 2.32. The number of benzene rings is 2. The molecule has 0 amide bonds.